The molecule has 2 aromatic carbocycles. The van der Waals surface area contributed by atoms with Crippen molar-refractivity contribution in [3.63, 3.8) is 0 Å². The Morgan fingerprint density at radius 3 is 2.83 bits per heavy atom. The molecule has 0 aliphatic heterocycles. The van der Waals surface area contributed by atoms with Crippen molar-refractivity contribution < 1.29 is 9.53 Å². The van der Waals surface area contributed by atoms with Crippen LogP contribution >= 0.6 is 23.1 Å². The van der Waals surface area contributed by atoms with Crippen LogP contribution in [0.5, 0.6) is 5.75 Å². The number of thiazole rings is 1. The molecule has 6 heteroatoms. The largest absolute Gasteiger partial charge is 0.497 e. The van der Waals surface area contributed by atoms with E-state index in [-0.39, 0.29) is 5.91 Å². The van der Waals surface area contributed by atoms with Crippen molar-refractivity contribution in [2.24, 2.45) is 0 Å². The topological polar surface area (TPSA) is 51.2 Å². The summed E-state index contributed by atoms with van der Waals surface area (Å²) in [5, 5.41) is 3.49. The minimum absolute atomic E-state index is 0.135. The van der Waals surface area contributed by atoms with Gasteiger partial charge in [0.1, 0.15) is 5.75 Å². The zero-order valence-corrected chi connectivity index (χ0v) is 14.7. The number of hydrogen-bond acceptors (Lipinski definition) is 5. The van der Waals surface area contributed by atoms with Crippen molar-refractivity contribution in [2.45, 2.75) is 11.8 Å². The number of thioether (sulfide) groups is 1. The first-order valence-electron chi connectivity index (χ1n) is 7.01. The number of aryl methyl sites for hydroxylation is 1. The fraction of sp³-hybridized carbons (Fsp3) is 0.176. The summed E-state index contributed by atoms with van der Waals surface area (Å²) >= 11 is 3.05. The van der Waals surface area contributed by atoms with Gasteiger partial charge in [0.25, 0.3) is 5.91 Å². The number of fused-ring (bicyclic) bond motifs is 1. The maximum atomic E-state index is 12.5. The molecule has 4 nitrogen and oxygen atoms in total. The van der Waals surface area contributed by atoms with Crippen LogP contribution in [0, 0.1) is 6.92 Å². The van der Waals surface area contributed by atoms with E-state index in [4.69, 9.17) is 4.74 Å². The van der Waals surface area contributed by atoms with Crippen molar-refractivity contribution in [1.29, 1.82) is 0 Å². The van der Waals surface area contributed by atoms with Crippen LogP contribution in [0.25, 0.3) is 10.2 Å². The number of carbonyl (C=O) groups is 1. The van der Waals surface area contributed by atoms with E-state index in [0.29, 0.717) is 10.7 Å². The molecule has 0 radical (unpaired) electrons. The Balaban J connectivity index is 1.88. The second-order valence-corrected chi connectivity index (χ2v) is 6.90. The summed E-state index contributed by atoms with van der Waals surface area (Å²) in [7, 11) is 1.63. The van der Waals surface area contributed by atoms with Gasteiger partial charge in [0.05, 0.1) is 17.3 Å². The lowest BCUT2D eigenvalue weighted by molar-refractivity contribution is 0.102. The number of nitrogens with one attached hydrogen (secondary N) is 1. The molecule has 0 fully saturated rings. The number of ether oxygens (including phenoxy) is 1. The number of amides is 1. The predicted molar refractivity (Wildman–Crippen MR) is 97.1 cm³/mol. The van der Waals surface area contributed by atoms with Crippen molar-refractivity contribution in [1.82, 2.24) is 4.98 Å². The highest BCUT2D eigenvalue weighted by Crippen LogP contribution is 2.29. The normalized spacial score (nSPS) is 10.7. The number of benzene rings is 2. The zero-order valence-electron chi connectivity index (χ0n) is 13.0. The van der Waals surface area contributed by atoms with E-state index in [1.165, 1.54) is 11.3 Å². The monoisotopic (exact) mass is 344 g/mol. The second-order valence-electron chi connectivity index (χ2n) is 4.99. The smallest absolute Gasteiger partial charge is 0.257 e. The van der Waals surface area contributed by atoms with E-state index in [1.807, 2.05) is 49.6 Å². The summed E-state index contributed by atoms with van der Waals surface area (Å²) in [5.41, 5.74) is 2.47. The Morgan fingerprint density at radius 2 is 2.09 bits per heavy atom. The highest BCUT2D eigenvalue weighted by Gasteiger charge is 2.13. The molecule has 0 aliphatic rings. The third kappa shape index (κ3) is 3.33. The Kier molecular flexibility index (Phi) is 4.54. The van der Waals surface area contributed by atoms with Crippen LogP contribution in [-0.4, -0.2) is 24.3 Å². The molecule has 118 valence electrons. The Labute approximate surface area is 142 Å². The van der Waals surface area contributed by atoms with E-state index in [0.717, 1.165) is 26.4 Å². The molecule has 3 aromatic rings. The molecule has 1 aromatic heterocycles. The van der Waals surface area contributed by atoms with E-state index in [1.54, 1.807) is 18.9 Å². The molecule has 1 amide bonds. The van der Waals surface area contributed by atoms with E-state index in [9.17, 15) is 4.79 Å². The summed E-state index contributed by atoms with van der Waals surface area (Å²) in [6.07, 6.45) is 1.99. The first-order valence-corrected chi connectivity index (χ1v) is 9.05. The molecule has 0 aliphatic carbocycles. The van der Waals surface area contributed by atoms with Crippen LogP contribution < -0.4 is 10.1 Å². The van der Waals surface area contributed by atoms with Crippen LogP contribution in [0.15, 0.2) is 41.3 Å². The molecule has 0 spiro atoms. The van der Waals surface area contributed by atoms with Gasteiger partial charge in [-0.15, -0.1) is 11.8 Å². The highest BCUT2D eigenvalue weighted by molar-refractivity contribution is 7.98. The minimum atomic E-state index is -0.135. The molecule has 1 heterocycles. The number of hydrogen-bond donors (Lipinski definition) is 1. The maximum Gasteiger partial charge on any atom is 0.257 e. The summed E-state index contributed by atoms with van der Waals surface area (Å²) < 4.78 is 6.19. The number of rotatable bonds is 4. The predicted octanol–water partition coefficient (Wildman–Crippen LogP) is 4.59. The van der Waals surface area contributed by atoms with Gasteiger partial charge in [-0.1, -0.05) is 17.4 Å². The Bertz CT molecular complexity index is 874. The molecule has 0 saturated carbocycles. The highest BCUT2D eigenvalue weighted by atomic mass is 32.2. The average Bonchev–Trinajstić information content (AvgIpc) is 2.96. The van der Waals surface area contributed by atoms with E-state index >= 15 is 0 Å². The SMILES string of the molecule is COc1ccc2nc(NC(=O)c3cc(SC)ccc3C)sc2c1. The summed E-state index contributed by atoms with van der Waals surface area (Å²) in [4.78, 5) is 18.0. The van der Waals surface area contributed by atoms with Crippen molar-refractivity contribution in [3.05, 3.63) is 47.5 Å². The molecule has 0 bridgehead atoms. The second kappa shape index (κ2) is 6.60. The lowest BCUT2D eigenvalue weighted by atomic mass is 10.1. The maximum absolute atomic E-state index is 12.5. The first-order chi connectivity index (χ1) is 11.1. The standard InChI is InChI=1S/C17H16N2O2S2/c1-10-4-6-12(22-3)9-13(10)16(20)19-17-18-14-7-5-11(21-2)8-15(14)23-17/h4-9H,1-3H3,(H,18,19,20). The van der Waals surface area contributed by atoms with Gasteiger partial charge in [0.15, 0.2) is 5.13 Å². The number of carbonyl (C=O) groups excluding carboxylic acids is 1. The van der Waals surface area contributed by atoms with Gasteiger partial charge in [-0.2, -0.15) is 0 Å². The molecule has 0 atom stereocenters. The van der Waals surface area contributed by atoms with Crippen LogP contribution in [-0.2, 0) is 0 Å². The number of nitrogens with zero attached hydrogens (tertiary/aromatic N) is 1. The van der Waals surface area contributed by atoms with E-state index < -0.39 is 0 Å². The van der Waals surface area contributed by atoms with Gasteiger partial charge in [-0.05, 0) is 49.1 Å². The summed E-state index contributed by atoms with van der Waals surface area (Å²) in [6, 6.07) is 11.6. The fourth-order valence-corrected chi connectivity index (χ4v) is 3.55. The lowest BCUT2D eigenvalue weighted by Gasteiger charge is -2.07. The van der Waals surface area contributed by atoms with Crippen LogP contribution in [0.2, 0.25) is 0 Å². The van der Waals surface area contributed by atoms with Crippen LogP contribution in [0.1, 0.15) is 15.9 Å². The van der Waals surface area contributed by atoms with Gasteiger partial charge in [-0.25, -0.2) is 4.98 Å². The zero-order chi connectivity index (χ0) is 16.4. The third-order valence-electron chi connectivity index (χ3n) is 3.51. The van der Waals surface area contributed by atoms with Crippen LogP contribution in [0.3, 0.4) is 0 Å². The molecule has 0 saturated heterocycles. The van der Waals surface area contributed by atoms with Gasteiger partial charge in [0, 0.05) is 10.5 Å². The quantitative estimate of drug-likeness (QED) is 0.704. The average molecular weight is 344 g/mol. The third-order valence-corrected chi connectivity index (χ3v) is 5.16. The van der Waals surface area contributed by atoms with Gasteiger partial charge < -0.3 is 4.74 Å². The minimum Gasteiger partial charge on any atom is -0.497 e. The first kappa shape index (κ1) is 15.8. The number of methoxy groups -OCH3 is 1. The van der Waals surface area contributed by atoms with Crippen LogP contribution in [0.4, 0.5) is 5.13 Å². The molecular weight excluding hydrogens is 328 g/mol. The lowest BCUT2D eigenvalue weighted by Crippen LogP contribution is -2.13. The number of anilines is 1. The van der Waals surface area contributed by atoms with Crippen molar-refractivity contribution in [2.75, 3.05) is 18.7 Å². The Morgan fingerprint density at radius 1 is 1.26 bits per heavy atom. The Hall–Kier alpha value is -2.05. The van der Waals surface area contributed by atoms with E-state index in [2.05, 4.69) is 10.3 Å². The molecule has 1 N–H and O–H groups in total. The van der Waals surface area contributed by atoms with Gasteiger partial charge in [-0.3, -0.25) is 10.1 Å². The summed E-state index contributed by atoms with van der Waals surface area (Å²) in [6.45, 7) is 1.93. The molecule has 23 heavy (non-hydrogen) atoms. The van der Waals surface area contributed by atoms with Crippen molar-refractivity contribution in [3.8, 4) is 5.75 Å². The molecule has 3 rings (SSSR count). The van der Waals surface area contributed by atoms with Crippen molar-refractivity contribution >= 4 is 44.4 Å². The number of aromatic nitrogens is 1. The summed E-state index contributed by atoms with van der Waals surface area (Å²) in [5.74, 6) is 0.645. The molecule has 0 unspecified atom stereocenters. The fourth-order valence-electron chi connectivity index (χ4n) is 2.22. The van der Waals surface area contributed by atoms with Gasteiger partial charge in [0.2, 0.25) is 0 Å². The van der Waals surface area contributed by atoms with Gasteiger partial charge >= 0.3 is 0 Å². The molecular formula is C17H16N2O2S2.